The molecule has 0 bridgehead atoms. The highest BCUT2D eigenvalue weighted by Gasteiger charge is 2.18. The van der Waals surface area contributed by atoms with Gasteiger partial charge in [-0.15, -0.1) is 10.2 Å². The van der Waals surface area contributed by atoms with E-state index in [1.165, 1.54) is 11.8 Å². The molecule has 0 saturated heterocycles. The summed E-state index contributed by atoms with van der Waals surface area (Å²) in [5.74, 6) is 0.188. The number of halogens is 1. The number of pyridine rings is 1. The van der Waals surface area contributed by atoms with Gasteiger partial charge in [-0.3, -0.25) is 19.7 Å². The number of carbonyl (C=O) groups is 2. The molecule has 2 aromatic heterocycles. The maximum absolute atomic E-state index is 12.1. The number of carbonyl (C=O) groups excluding carboxylic acids is 2. The van der Waals surface area contributed by atoms with E-state index in [1.54, 1.807) is 24.5 Å². The van der Waals surface area contributed by atoms with Crippen molar-refractivity contribution < 1.29 is 9.59 Å². The fourth-order valence-corrected chi connectivity index (χ4v) is 3.34. The normalized spacial score (nSPS) is 10.8. The minimum Gasteiger partial charge on any atom is -0.336 e. The van der Waals surface area contributed by atoms with E-state index >= 15 is 0 Å². The molecule has 1 aromatic carbocycles. The summed E-state index contributed by atoms with van der Waals surface area (Å²) in [6.45, 7) is 3.63. The highest BCUT2D eigenvalue weighted by atomic mass is 35.5. The molecule has 0 radical (unpaired) electrons. The molecule has 0 aliphatic carbocycles. The molecule has 2 heterocycles. The van der Waals surface area contributed by atoms with Crippen LogP contribution in [0.5, 0.6) is 0 Å². The van der Waals surface area contributed by atoms with Gasteiger partial charge in [-0.2, -0.15) is 0 Å². The quantitative estimate of drug-likeness (QED) is 0.582. The van der Waals surface area contributed by atoms with Crippen LogP contribution in [0.25, 0.3) is 17.1 Å². The number of amides is 3. The number of benzene rings is 1. The third-order valence-corrected chi connectivity index (χ3v) is 4.84. The summed E-state index contributed by atoms with van der Waals surface area (Å²) in [6, 6.07) is 10.3. The summed E-state index contributed by atoms with van der Waals surface area (Å²) < 4.78 is 1.83. The van der Waals surface area contributed by atoms with Crippen LogP contribution in [0.4, 0.5) is 4.79 Å². The second-order valence-electron chi connectivity index (χ2n) is 6.32. The van der Waals surface area contributed by atoms with Gasteiger partial charge in [-0.25, -0.2) is 4.79 Å². The summed E-state index contributed by atoms with van der Waals surface area (Å²) in [5, 5.41) is 14.5. The third kappa shape index (κ3) is 5.55. The predicted octanol–water partition coefficient (Wildman–Crippen LogP) is 3.31. The first kappa shape index (κ1) is 20.8. The minimum absolute atomic E-state index is 0.00752. The maximum Gasteiger partial charge on any atom is 0.321 e. The van der Waals surface area contributed by atoms with E-state index in [0.717, 1.165) is 11.3 Å². The van der Waals surface area contributed by atoms with Gasteiger partial charge in [0.25, 0.3) is 0 Å². The predicted molar refractivity (Wildman–Crippen MR) is 112 cm³/mol. The highest BCUT2D eigenvalue weighted by Crippen LogP contribution is 2.28. The lowest BCUT2D eigenvalue weighted by Crippen LogP contribution is -2.43. The maximum atomic E-state index is 12.1. The molecular weight excluding hydrogens is 412 g/mol. The monoisotopic (exact) mass is 430 g/mol. The first-order valence-electron chi connectivity index (χ1n) is 8.79. The number of nitrogens with one attached hydrogen (secondary N) is 2. The molecule has 3 amide bonds. The van der Waals surface area contributed by atoms with Gasteiger partial charge in [0, 0.05) is 34.7 Å². The van der Waals surface area contributed by atoms with Crippen LogP contribution in [0.1, 0.15) is 13.8 Å². The Morgan fingerprint density at radius 1 is 1.10 bits per heavy atom. The van der Waals surface area contributed by atoms with Crippen LogP contribution in [0.15, 0.2) is 53.9 Å². The highest BCUT2D eigenvalue weighted by molar-refractivity contribution is 7.99. The van der Waals surface area contributed by atoms with E-state index in [1.807, 2.05) is 42.7 Å². The van der Waals surface area contributed by atoms with Crippen LogP contribution in [-0.2, 0) is 4.79 Å². The van der Waals surface area contributed by atoms with Gasteiger partial charge in [0.1, 0.15) is 0 Å². The van der Waals surface area contributed by atoms with Gasteiger partial charge in [0.05, 0.1) is 5.75 Å². The molecular formula is C19H19ClN6O2S. The van der Waals surface area contributed by atoms with Crippen LogP contribution in [0.3, 0.4) is 0 Å². The van der Waals surface area contributed by atoms with Gasteiger partial charge in [-0.05, 0) is 50.2 Å². The zero-order valence-corrected chi connectivity index (χ0v) is 17.4. The lowest BCUT2D eigenvalue weighted by atomic mass is 10.2. The smallest absolute Gasteiger partial charge is 0.321 e. The zero-order valence-electron chi connectivity index (χ0n) is 15.8. The Hall–Kier alpha value is -2.91. The van der Waals surface area contributed by atoms with Crippen LogP contribution in [0.2, 0.25) is 5.02 Å². The van der Waals surface area contributed by atoms with Crippen molar-refractivity contribution in [2.45, 2.75) is 25.0 Å². The largest absolute Gasteiger partial charge is 0.336 e. The standard InChI is InChI=1S/C19H19ClN6O2S/c1-12(2)22-18(28)23-16(27)11-29-19-25-24-17(13-7-9-21-10-8-13)26(19)15-5-3-14(20)4-6-15/h3-10,12H,11H2,1-2H3,(H2,22,23,27,28). The van der Waals surface area contributed by atoms with Crippen molar-refractivity contribution in [3.8, 4) is 17.1 Å². The zero-order chi connectivity index (χ0) is 20.8. The molecule has 3 aromatic rings. The molecule has 0 unspecified atom stereocenters. The van der Waals surface area contributed by atoms with E-state index in [2.05, 4.69) is 25.8 Å². The summed E-state index contributed by atoms with van der Waals surface area (Å²) in [5.41, 5.74) is 1.63. The molecule has 2 N–H and O–H groups in total. The van der Waals surface area contributed by atoms with Crippen LogP contribution in [0, 0.1) is 0 Å². The molecule has 150 valence electrons. The summed E-state index contributed by atoms with van der Waals surface area (Å²) in [4.78, 5) is 27.8. The third-order valence-electron chi connectivity index (χ3n) is 3.66. The number of rotatable bonds is 6. The first-order valence-corrected chi connectivity index (χ1v) is 10.2. The molecule has 0 aliphatic heterocycles. The lowest BCUT2D eigenvalue weighted by molar-refractivity contribution is -0.117. The number of thioether (sulfide) groups is 1. The Kier molecular flexibility index (Phi) is 6.84. The second-order valence-corrected chi connectivity index (χ2v) is 7.70. The SMILES string of the molecule is CC(C)NC(=O)NC(=O)CSc1nnc(-c2ccncc2)n1-c1ccc(Cl)cc1. The van der Waals surface area contributed by atoms with Crippen molar-refractivity contribution in [1.29, 1.82) is 0 Å². The molecule has 10 heteroatoms. The van der Waals surface area contributed by atoms with E-state index in [0.29, 0.717) is 16.0 Å². The average Bonchev–Trinajstić information content (AvgIpc) is 3.11. The summed E-state index contributed by atoms with van der Waals surface area (Å²) >= 11 is 7.19. The van der Waals surface area contributed by atoms with E-state index in [-0.39, 0.29) is 11.8 Å². The van der Waals surface area contributed by atoms with Gasteiger partial charge >= 0.3 is 6.03 Å². The number of urea groups is 1. The van der Waals surface area contributed by atoms with E-state index in [4.69, 9.17) is 11.6 Å². The Balaban J connectivity index is 1.83. The van der Waals surface area contributed by atoms with E-state index in [9.17, 15) is 9.59 Å². The van der Waals surface area contributed by atoms with Gasteiger partial charge in [-0.1, -0.05) is 23.4 Å². The van der Waals surface area contributed by atoms with Crippen LogP contribution < -0.4 is 10.6 Å². The van der Waals surface area contributed by atoms with Crippen molar-refractivity contribution in [2.75, 3.05) is 5.75 Å². The van der Waals surface area contributed by atoms with E-state index < -0.39 is 11.9 Å². The number of aromatic nitrogens is 4. The first-order chi connectivity index (χ1) is 13.9. The number of nitrogens with zero attached hydrogens (tertiary/aromatic N) is 4. The Labute approximate surface area is 177 Å². The van der Waals surface area contributed by atoms with Gasteiger partial charge < -0.3 is 5.32 Å². The Morgan fingerprint density at radius 3 is 2.45 bits per heavy atom. The summed E-state index contributed by atoms with van der Waals surface area (Å²) in [7, 11) is 0. The summed E-state index contributed by atoms with van der Waals surface area (Å²) in [6.07, 6.45) is 3.34. The lowest BCUT2D eigenvalue weighted by Gasteiger charge is -2.11. The van der Waals surface area contributed by atoms with Crippen molar-refractivity contribution >= 4 is 35.3 Å². The van der Waals surface area contributed by atoms with Crippen LogP contribution in [-0.4, -0.2) is 43.5 Å². The topological polar surface area (TPSA) is 102 Å². The molecule has 8 nitrogen and oxygen atoms in total. The molecule has 0 saturated carbocycles. The molecule has 0 spiro atoms. The van der Waals surface area contributed by atoms with Crippen molar-refractivity contribution in [3.63, 3.8) is 0 Å². The van der Waals surface area contributed by atoms with Crippen LogP contribution >= 0.6 is 23.4 Å². The molecule has 0 fully saturated rings. The average molecular weight is 431 g/mol. The van der Waals surface area contributed by atoms with Gasteiger partial charge in [0.2, 0.25) is 5.91 Å². The fraction of sp³-hybridized carbons (Fsp3) is 0.211. The number of hydrogen-bond acceptors (Lipinski definition) is 6. The number of imide groups is 1. The van der Waals surface area contributed by atoms with Crippen molar-refractivity contribution in [3.05, 3.63) is 53.8 Å². The molecule has 3 rings (SSSR count). The molecule has 0 aliphatic rings. The molecule has 0 atom stereocenters. The Bertz CT molecular complexity index is 992. The van der Waals surface area contributed by atoms with Crippen molar-refractivity contribution in [1.82, 2.24) is 30.4 Å². The van der Waals surface area contributed by atoms with Crippen molar-refractivity contribution in [2.24, 2.45) is 0 Å². The fourth-order valence-electron chi connectivity index (χ4n) is 2.47. The van der Waals surface area contributed by atoms with Gasteiger partial charge in [0.15, 0.2) is 11.0 Å². The molecule has 29 heavy (non-hydrogen) atoms. The Morgan fingerprint density at radius 2 is 1.79 bits per heavy atom. The number of hydrogen-bond donors (Lipinski definition) is 2. The minimum atomic E-state index is -0.526. The second kappa shape index (κ2) is 9.53.